The predicted octanol–water partition coefficient (Wildman–Crippen LogP) is 13.5. The molecular weight excluding hydrogens is 681 g/mol. The van der Waals surface area contributed by atoms with Gasteiger partial charge in [0.25, 0.3) is 0 Å². The van der Waals surface area contributed by atoms with Crippen LogP contribution in [0.25, 0.3) is 110 Å². The molecule has 260 valence electrons. The molecule has 0 spiro atoms. The maximum Gasteiger partial charge on any atom is 0.0979 e. The number of hydrogen-bond donors (Lipinski definition) is 0. The monoisotopic (exact) mass is 712 g/mol. The lowest BCUT2D eigenvalue weighted by Gasteiger charge is -2.11. The van der Waals surface area contributed by atoms with Gasteiger partial charge in [0, 0.05) is 49.3 Å². The number of para-hydroxylation sites is 3. The van der Waals surface area contributed by atoms with Gasteiger partial charge in [-0.1, -0.05) is 127 Å². The minimum absolute atomic E-state index is 0.861. The van der Waals surface area contributed by atoms with E-state index in [0.717, 1.165) is 38.8 Å². The number of rotatable bonds is 4. The molecule has 12 rings (SSSR count). The van der Waals surface area contributed by atoms with Crippen molar-refractivity contribution >= 4 is 76.2 Å². The van der Waals surface area contributed by atoms with E-state index in [1.54, 1.807) is 0 Å². The number of nitrogens with zero attached hydrogens (tertiary/aromatic N) is 4. The maximum atomic E-state index is 5.24. The summed E-state index contributed by atoms with van der Waals surface area (Å²) in [5.74, 6) is 0. The second kappa shape index (κ2) is 12.0. The summed E-state index contributed by atoms with van der Waals surface area (Å²) in [5, 5.41) is 9.62. The summed E-state index contributed by atoms with van der Waals surface area (Å²) in [6.07, 6.45) is 1.91. The number of aromatic nitrogens is 4. The van der Waals surface area contributed by atoms with Crippen molar-refractivity contribution in [1.29, 1.82) is 0 Å². The summed E-state index contributed by atoms with van der Waals surface area (Å²) in [6.45, 7) is 0. The van der Waals surface area contributed by atoms with Crippen molar-refractivity contribution in [1.82, 2.24) is 19.1 Å². The molecule has 0 aliphatic carbocycles. The first-order valence-corrected chi connectivity index (χ1v) is 19.1. The van der Waals surface area contributed by atoms with Gasteiger partial charge >= 0.3 is 0 Å². The summed E-state index contributed by atoms with van der Waals surface area (Å²) < 4.78 is 4.74. The van der Waals surface area contributed by atoms with Crippen molar-refractivity contribution in [3.63, 3.8) is 0 Å². The normalized spacial score (nSPS) is 11.9. The van der Waals surface area contributed by atoms with Crippen LogP contribution in [0.2, 0.25) is 0 Å². The number of hydrogen-bond acceptors (Lipinski definition) is 2. The van der Waals surface area contributed by atoms with Crippen molar-refractivity contribution in [2.75, 3.05) is 0 Å². The lowest BCUT2D eigenvalue weighted by atomic mass is 9.99. The zero-order valence-corrected chi connectivity index (χ0v) is 30.3. The van der Waals surface area contributed by atoms with Gasteiger partial charge in [-0.3, -0.25) is 4.98 Å². The third-order valence-electron chi connectivity index (χ3n) is 11.5. The minimum atomic E-state index is 0.861. The minimum Gasteiger partial charge on any atom is -0.309 e. The second-order valence-corrected chi connectivity index (χ2v) is 14.6. The maximum absolute atomic E-state index is 5.24. The Kier molecular flexibility index (Phi) is 6.60. The number of benzene rings is 9. The smallest absolute Gasteiger partial charge is 0.0979 e. The van der Waals surface area contributed by atoms with E-state index in [0.29, 0.717) is 0 Å². The summed E-state index contributed by atoms with van der Waals surface area (Å²) >= 11 is 0. The van der Waals surface area contributed by atoms with E-state index in [9.17, 15) is 0 Å². The molecular formula is C52H32N4. The Bertz CT molecular complexity index is 3480. The molecule has 0 bridgehead atoms. The topological polar surface area (TPSA) is 35.6 Å². The zero-order valence-electron chi connectivity index (χ0n) is 30.3. The van der Waals surface area contributed by atoms with Gasteiger partial charge in [-0.25, -0.2) is 4.98 Å². The van der Waals surface area contributed by atoms with Crippen molar-refractivity contribution in [3.8, 4) is 33.8 Å². The summed E-state index contributed by atoms with van der Waals surface area (Å²) in [5.41, 5.74) is 13.2. The fraction of sp³-hybridized carbons (Fsp3) is 0. The quantitative estimate of drug-likeness (QED) is 0.170. The van der Waals surface area contributed by atoms with E-state index in [4.69, 9.17) is 9.97 Å². The van der Waals surface area contributed by atoms with Crippen molar-refractivity contribution < 1.29 is 0 Å². The summed E-state index contributed by atoms with van der Waals surface area (Å²) in [4.78, 5) is 10.2. The average Bonchev–Trinajstić information content (AvgIpc) is 3.79. The van der Waals surface area contributed by atoms with E-state index in [1.807, 2.05) is 6.20 Å². The molecule has 3 aromatic heterocycles. The second-order valence-electron chi connectivity index (χ2n) is 14.6. The molecule has 56 heavy (non-hydrogen) atoms. The van der Waals surface area contributed by atoms with Crippen LogP contribution >= 0.6 is 0 Å². The molecule has 0 saturated heterocycles. The predicted molar refractivity (Wildman–Crippen MR) is 234 cm³/mol. The van der Waals surface area contributed by atoms with Crippen LogP contribution in [0.5, 0.6) is 0 Å². The molecule has 3 heterocycles. The van der Waals surface area contributed by atoms with Crippen LogP contribution in [-0.4, -0.2) is 19.1 Å². The Morgan fingerprint density at radius 2 is 0.732 bits per heavy atom. The van der Waals surface area contributed by atoms with E-state index in [1.165, 1.54) is 71.2 Å². The lowest BCUT2D eigenvalue weighted by molar-refractivity contribution is 1.18. The fourth-order valence-electron chi connectivity index (χ4n) is 8.98. The van der Waals surface area contributed by atoms with Crippen LogP contribution in [0, 0.1) is 0 Å². The van der Waals surface area contributed by atoms with Crippen LogP contribution in [0.15, 0.2) is 194 Å². The molecule has 9 aromatic carbocycles. The molecule has 4 heteroatoms. The molecule has 4 nitrogen and oxygen atoms in total. The first-order valence-electron chi connectivity index (χ1n) is 19.1. The molecule has 0 aliphatic rings. The Labute approximate surface area is 322 Å². The Morgan fingerprint density at radius 1 is 0.304 bits per heavy atom. The highest BCUT2D eigenvalue weighted by molar-refractivity contribution is 6.23. The molecule has 12 aromatic rings. The average molecular weight is 713 g/mol. The van der Waals surface area contributed by atoms with Gasteiger partial charge in [0.2, 0.25) is 0 Å². The van der Waals surface area contributed by atoms with Gasteiger partial charge < -0.3 is 9.13 Å². The Hall–Kier alpha value is -7.56. The third-order valence-corrected chi connectivity index (χ3v) is 11.5. The summed E-state index contributed by atoms with van der Waals surface area (Å²) in [6, 6.07) is 67.6. The van der Waals surface area contributed by atoms with Gasteiger partial charge in [0.1, 0.15) is 0 Å². The molecule has 0 aliphatic heterocycles. The first kappa shape index (κ1) is 30.9. The fourth-order valence-corrected chi connectivity index (χ4v) is 8.98. The summed E-state index contributed by atoms with van der Waals surface area (Å²) in [7, 11) is 0. The van der Waals surface area contributed by atoms with Crippen molar-refractivity contribution in [2.45, 2.75) is 0 Å². The van der Waals surface area contributed by atoms with E-state index < -0.39 is 0 Å². The van der Waals surface area contributed by atoms with E-state index in [2.05, 4.69) is 197 Å². The van der Waals surface area contributed by atoms with Crippen molar-refractivity contribution in [2.24, 2.45) is 0 Å². The first-order chi connectivity index (χ1) is 27.8. The van der Waals surface area contributed by atoms with Crippen LogP contribution in [0.3, 0.4) is 0 Å². The van der Waals surface area contributed by atoms with E-state index >= 15 is 0 Å². The van der Waals surface area contributed by atoms with E-state index in [-0.39, 0.29) is 0 Å². The SMILES string of the molecule is c1ccc(-n2c3ccccc3c3cc(-c4ccc5c(c4)c4ccccc4n5-c4ccc(-c5cnc6c7ccccc7c7ccccc7c6n5)cc4)ccc32)cc1. The third kappa shape index (κ3) is 4.53. The van der Waals surface area contributed by atoms with Gasteiger partial charge in [0.05, 0.1) is 45.0 Å². The highest BCUT2D eigenvalue weighted by Crippen LogP contribution is 2.39. The van der Waals surface area contributed by atoms with Crippen LogP contribution in [-0.2, 0) is 0 Å². The van der Waals surface area contributed by atoms with Gasteiger partial charge in [-0.15, -0.1) is 0 Å². The Balaban J connectivity index is 0.964. The lowest BCUT2D eigenvalue weighted by Crippen LogP contribution is -1.95. The molecule has 0 radical (unpaired) electrons. The van der Waals surface area contributed by atoms with Gasteiger partial charge in [-0.05, 0) is 82.6 Å². The van der Waals surface area contributed by atoms with Crippen molar-refractivity contribution in [3.05, 3.63) is 194 Å². The zero-order chi connectivity index (χ0) is 36.7. The molecule has 0 amide bonds. The molecule has 0 atom stereocenters. The standard InChI is InChI=1S/C52H32N4/c1-2-12-36(13-3-1)55-47-20-10-8-16-40(47)44-30-34(24-28-49(44)55)35-25-29-50-45(31-35)41-17-9-11-21-48(41)56(50)37-26-22-33(23-27-37)46-32-53-51-42-18-6-4-14-38(42)39-15-5-7-19-43(39)52(51)54-46/h1-32H. The van der Waals surface area contributed by atoms with Crippen LogP contribution in [0.1, 0.15) is 0 Å². The molecule has 0 N–H and O–H groups in total. The largest absolute Gasteiger partial charge is 0.309 e. The molecule has 0 unspecified atom stereocenters. The number of fused-ring (bicyclic) bond motifs is 12. The van der Waals surface area contributed by atoms with Gasteiger partial charge in [-0.2, -0.15) is 0 Å². The van der Waals surface area contributed by atoms with Gasteiger partial charge in [0.15, 0.2) is 0 Å². The highest BCUT2D eigenvalue weighted by Gasteiger charge is 2.17. The van der Waals surface area contributed by atoms with Crippen LogP contribution in [0.4, 0.5) is 0 Å². The highest BCUT2D eigenvalue weighted by atomic mass is 15.0. The molecule has 0 fully saturated rings. The Morgan fingerprint density at radius 3 is 1.30 bits per heavy atom. The molecule has 0 saturated carbocycles. The van der Waals surface area contributed by atoms with Crippen LogP contribution < -0.4 is 0 Å².